The molecule has 0 aromatic heterocycles. The minimum atomic E-state index is -3.38. The molecule has 0 amide bonds. The number of hydrogen-bond acceptors (Lipinski definition) is 2. The molecule has 76 valence electrons. The summed E-state index contributed by atoms with van der Waals surface area (Å²) in [5.41, 5.74) is 1.55. The Balaban J connectivity index is 3.50. The fourth-order valence-electron chi connectivity index (χ4n) is 1.26. The van der Waals surface area contributed by atoms with Crippen molar-refractivity contribution in [1.82, 2.24) is 4.72 Å². The number of rotatable bonds is 3. The Labute approximate surface area is 84.5 Å². The number of sulfonamides is 1. The molecule has 1 aromatic rings. The molecule has 0 spiro atoms. The molecular weight excluding hydrogens is 198 g/mol. The number of nitrogens with one attached hydrogen (secondary N) is 1. The van der Waals surface area contributed by atoms with Gasteiger partial charge in [-0.2, -0.15) is 0 Å². The van der Waals surface area contributed by atoms with E-state index in [1.807, 2.05) is 13.0 Å². The SMILES string of the molecule is C=Cc1c(C)cccc1S(=O)(=O)NC. The summed E-state index contributed by atoms with van der Waals surface area (Å²) in [6, 6.07) is 5.13. The van der Waals surface area contributed by atoms with E-state index in [1.54, 1.807) is 18.2 Å². The molecule has 0 aliphatic carbocycles. The van der Waals surface area contributed by atoms with E-state index in [0.29, 0.717) is 5.56 Å². The first-order chi connectivity index (χ1) is 6.53. The highest BCUT2D eigenvalue weighted by atomic mass is 32.2. The molecule has 0 heterocycles. The van der Waals surface area contributed by atoms with Crippen LogP contribution < -0.4 is 4.72 Å². The zero-order chi connectivity index (χ0) is 10.8. The first-order valence-electron chi connectivity index (χ1n) is 4.18. The van der Waals surface area contributed by atoms with Gasteiger partial charge in [-0.25, -0.2) is 13.1 Å². The largest absolute Gasteiger partial charge is 0.240 e. The van der Waals surface area contributed by atoms with Crippen molar-refractivity contribution in [1.29, 1.82) is 0 Å². The third-order valence-electron chi connectivity index (χ3n) is 2.05. The van der Waals surface area contributed by atoms with Crippen LogP contribution in [0.5, 0.6) is 0 Å². The molecule has 0 saturated carbocycles. The Morgan fingerprint density at radius 2 is 2.07 bits per heavy atom. The van der Waals surface area contributed by atoms with Crippen molar-refractivity contribution in [3.63, 3.8) is 0 Å². The molecule has 0 radical (unpaired) electrons. The number of hydrogen-bond donors (Lipinski definition) is 1. The minimum absolute atomic E-state index is 0.273. The Bertz CT molecular complexity index is 449. The molecule has 3 nitrogen and oxygen atoms in total. The standard InChI is InChI=1S/C10H13NO2S/c1-4-9-8(2)6-5-7-10(9)14(12,13)11-3/h4-7,11H,1H2,2-3H3. The lowest BCUT2D eigenvalue weighted by atomic mass is 10.1. The van der Waals surface area contributed by atoms with Gasteiger partial charge in [0.15, 0.2) is 0 Å². The maximum absolute atomic E-state index is 11.6. The van der Waals surface area contributed by atoms with Crippen LogP contribution >= 0.6 is 0 Å². The lowest BCUT2D eigenvalue weighted by molar-refractivity contribution is 0.588. The molecule has 1 N–H and O–H groups in total. The molecule has 0 unspecified atom stereocenters. The summed E-state index contributed by atoms with van der Waals surface area (Å²) >= 11 is 0. The normalized spacial score (nSPS) is 11.3. The summed E-state index contributed by atoms with van der Waals surface area (Å²) in [5.74, 6) is 0. The Morgan fingerprint density at radius 1 is 1.43 bits per heavy atom. The zero-order valence-electron chi connectivity index (χ0n) is 8.24. The first kappa shape index (κ1) is 10.9. The van der Waals surface area contributed by atoms with Crippen LogP contribution in [0.15, 0.2) is 29.7 Å². The van der Waals surface area contributed by atoms with Gasteiger partial charge in [0.1, 0.15) is 0 Å². The predicted octanol–water partition coefficient (Wildman–Crippen LogP) is 1.55. The van der Waals surface area contributed by atoms with E-state index in [2.05, 4.69) is 11.3 Å². The smallest absolute Gasteiger partial charge is 0.214 e. The highest BCUT2D eigenvalue weighted by molar-refractivity contribution is 7.89. The lowest BCUT2D eigenvalue weighted by Gasteiger charge is -2.08. The first-order valence-corrected chi connectivity index (χ1v) is 5.67. The maximum atomic E-state index is 11.6. The second-order valence-electron chi connectivity index (χ2n) is 2.90. The molecule has 0 fully saturated rings. The Hall–Kier alpha value is -1.13. The van der Waals surface area contributed by atoms with E-state index in [0.717, 1.165) is 5.56 Å². The third kappa shape index (κ3) is 1.86. The fraction of sp³-hybridized carbons (Fsp3) is 0.200. The van der Waals surface area contributed by atoms with Gasteiger partial charge < -0.3 is 0 Å². The summed E-state index contributed by atoms with van der Waals surface area (Å²) in [5, 5.41) is 0. The van der Waals surface area contributed by atoms with Gasteiger partial charge >= 0.3 is 0 Å². The molecule has 14 heavy (non-hydrogen) atoms. The van der Waals surface area contributed by atoms with Crippen molar-refractivity contribution in [3.05, 3.63) is 35.9 Å². The van der Waals surface area contributed by atoms with E-state index >= 15 is 0 Å². The van der Waals surface area contributed by atoms with E-state index < -0.39 is 10.0 Å². The van der Waals surface area contributed by atoms with Gasteiger partial charge in [0, 0.05) is 0 Å². The second kappa shape index (κ2) is 3.94. The van der Waals surface area contributed by atoms with Crippen LogP contribution in [0, 0.1) is 6.92 Å². The van der Waals surface area contributed by atoms with Crippen LogP contribution in [-0.2, 0) is 10.0 Å². The summed E-state index contributed by atoms with van der Waals surface area (Å²) < 4.78 is 25.4. The van der Waals surface area contributed by atoms with Crippen molar-refractivity contribution in [2.75, 3.05) is 7.05 Å². The third-order valence-corrected chi connectivity index (χ3v) is 3.52. The molecule has 4 heteroatoms. The van der Waals surface area contributed by atoms with Crippen molar-refractivity contribution in [2.24, 2.45) is 0 Å². The van der Waals surface area contributed by atoms with Gasteiger partial charge in [0.2, 0.25) is 10.0 Å². The minimum Gasteiger partial charge on any atom is -0.214 e. The Kier molecular flexibility index (Phi) is 3.08. The topological polar surface area (TPSA) is 46.2 Å². The predicted molar refractivity (Wildman–Crippen MR) is 57.5 cm³/mol. The van der Waals surface area contributed by atoms with Gasteiger partial charge in [-0.05, 0) is 31.2 Å². The van der Waals surface area contributed by atoms with Crippen molar-refractivity contribution < 1.29 is 8.42 Å². The highest BCUT2D eigenvalue weighted by Gasteiger charge is 2.15. The van der Waals surface area contributed by atoms with E-state index in [4.69, 9.17) is 0 Å². The number of benzene rings is 1. The van der Waals surface area contributed by atoms with Crippen LogP contribution in [-0.4, -0.2) is 15.5 Å². The van der Waals surface area contributed by atoms with E-state index in [9.17, 15) is 8.42 Å². The quantitative estimate of drug-likeness (QED) is 0.824. The zero-order valence-corrected chi connectivity index (χ0v) is 9.06. The van der Waals surface area contributed by atoms with Crippen LogP contribution in [0.1, 0.15) is 11.1 Å². The summed E-state index contributed by atoms with van der Waals surface area (Å²) in [7, 11) is -1.99. The molecule has 0 aliphatic heterocycles. The molecular formula is C10H13NO2S. The fourth-order valence-corrected chi connectivity index (χ4v) is 2.27. The lowest BCUT2D eigenvalue weighted by Crippen LogP contribution is -2.19. The Morgan fingerprint density at radius 3 is 2.57 bits per heavy atom. The van der Waals surface area contributed by atoms with Crippen LogP contribution in [0.4, 0.5) is 0 Å². The molecule has 0 aliphatic rings. The summed E-state index contributed by atoms with van der Waals surface area (Å²) in [6.07, 6.45) is 1.56. The van der Waals surface area contributed by atoms with Crippen LogP contribution in [0.3, 0.4) is 0 Å². The second-order valence-corrected chi connectivity index (χ2v) is 4.75. The molecule has 0 saturated heterocycles. The summed E-state index contributed by atoms with van der Waals surface area (Å²) in [6.45, 7) is 5.46. The van der Waals surface area contributed by atoms with Crippen molar-refractivity contribution in [2.45, 2.75) is 11.8 Å². The maximum Gasteiger partial charge on any atom is 0.240 e. The van der Waals surface area contributed by atoms with Gasteiger partial charge in [0.25, 0.3) is 0 Å². The van der Waals surface area contributed by atoms with E-state index in [1.165, 1.54) is 7.05 Å². The van der Waals surface area contributed by atoms with Gasteiger partial charge in [-0.15, -0.1) is 0 Å². The van der Waals surface area contributed by atoms with Gasteiger partial charge in [-0.1, -0.05) is 24.8 Å². The highest BCUT2D eigenvalue weighted by Crippen LogP contribution is 2.19. The van der Waals surface area contributed by atoms with Gasteiger partial charge in [0.05, 0.1) is 4.90 Å². The van der Waals surface area contributed by atoms with Crippen molar-refractivity contribution in [3.8, 4) is 0 Å². The molecule has 1 aromatic carbocycles. The van der Waals surface area contributed by atoms with Crippen LogP contribution in [0.2, 0.25) is 0 Å². The van der Waals surface area contributed by atoms with Crippen LogP contribution in [0.25, 0.3) is 6.08 Å². The van der Waals surface area contributed by atoms with Crippen molar-refractivity contribution >= 4 is 16.1 Å². The summed E-state index contributed by atoms with van der Waals surface area (Å²) in [4.78, 5) is 0.273. The number of aryl methyl sites for hydroxylation is 1. The molecule has 1 rings (SSSR count). The van der Waals surface area contributed by atoms with E-state index in [-0.39, 0.29) is 4.90 Å². The average molecular weight is 211 g/mol. The monoisotopic (exact) mass is 211 g/mol. The average Bonchev–Trinajstić information content (AvgIpc) is 2.17. The molecule has 0 bridgehead atoms. The van der Waals surface area contributed by atoms with Gasteiger partial charge in [-0.3, -0.25) is 0 Å². The molecule has 0 atom stereocenters.